The number of carbonyl (C=O) groups is 1. The van der Waals surface area contributed by atoms with E-state index in [0.29, 0.717) is 25.4 Å². The molecule has 5 heteroatoms. The summed E-state index contributed by atoms with van der Waals surface area (Å²) in [4.78, 5) is 18.3. The molecule has 0 bridgehead atoms. The van der Waals surface area contributed by atoms with Crippen LogP contribution in [0.1, 0.15) is 24.5 Å². The van der Waals surface area contributed by atoms with Crippen molar-refractivity contribution in [2.75, 3.05) is 18.1 Å². The van der Waals surface area contributed by atoms with Gasteiger partial charge in [0.25, 0.3) is 0 Å². The zero-order valence-corrected chi connectivity index (χ0v) is 15.3. The molecule has 0 spiro atoms. The van der Waals surface area contributed by atoms with Crippen molar-refractivity contribution >= 4 is 27.7 Å². The van der Waals surface area contributed by atoms with Crippen molar-refractivity contribution in [3.63, 3.8) is 0 Å². The van der Waals surface area contributed by atoms with Crippen LogP contribution >= 0.6 is 15.9 Å². The third kappa shape index (κ3) is 4.55. The fraction of sp³-hybridized carbons (Fsp3) is 0.333. The van der Waals surface area contributed by atoms with E-state index in [4.69, 9.17) is 4.74 Å². The van der Waals surface area contributed by atoms with Crippen molar-refractivity contribution < 1.29 is 9.53 Å². The lowest BCUT2D eigenvalue weighted by Gasteiger charge is -2.20. The lowest BCUT2D eigenvalue weighted by atomic mass is 10.1. The van der Waals surface area contributed by atoms with Crippen molar-refractivity contribution in [3.05, 3.63) is 52.1 Å². The van der Waals surface area contributed by atoms with Crippen molar-refractivity contribution in [1.29, 1.82) is 0 Å². The summed E-state index contributed by atoms with van der Waals surface area (Å²) in [7, 11) is 0. The lowest BCUT2D eigenvalue weighted by Crippen LogP contribution is -2.32. The molecule has 0 aliphatic heterocycles. The van der Waals surface area contributed by atoms with E-state index in [9.17, 15) is 4.79 Å². The van der Waals surface area contributed by atoms with Crippen molar-refractivity contribution in [3.8, 4) is 5.75 Å². The van der Waals surface area contributed by atoms with Crippen LogP contribution in [0.2, 0.25) is 0 Å². The van der Waals surface area contributed by atoms with Gasteiger partial charge in [0.2, 0.25) is 5.91 Å². The number of carbonyl (C=O) groups excluding carboxylic acids is 1. The average Bonchev–Trinajstić information content (AvgIpc) is 2.54. The Morgan fingerprint density at radius 3 is 2.70 bits per heavy atom. The minimum atomic E-state index is 0.00706. The van der Waals surface area contributed by atoms with Gasteiger partial charge in [-0.1, -0.05) is 12.1 Å². The summed E-state index contributed by atoms with van der Waals surface area (Å²) in [5, 5.41) is 0. The molecule has 1 heterocycles. The number of ether oxygens (including phenoxy) is 1. The highest BCUT2D eigenvalue weighted by Crippen LogP contribution is 2.21. The fourth-order valence-electron chi connectivity index (χ4n) is 2.26. The number of amides is 1. The topological polar surface area (TPSA) is 42.4 Å². The Hall–Kier alpha value is -1.88. The maximum atomic E-state index is 12.4. The van der Waals surface area contributed by atoms with E-state index in [0.717, 1.165) is 15.8 Å². The maximum Gasteiger partial charge on any atom is 0.231 e. The Morgan fingerprint density at radius 2 is 2.04 bits per heavy atom. The predicted molar refractivity (Wildman–Crippen MR) is 96.0 cm³/mol. The van der Waals surface area contributed by atoms with Gasteiger partial charge in [-0.05, 0) is 66.0 Å². The fourth-order valence-corrected chi connectivity index (χ4v) is 2.49. The number of hydrogen-bond donors (Lipinski definition) is 0. The first-order chi connectivity index (χ1) is 11.0. The first-order valence-corrected chi connectivity index (χ1v) is 8.43. The molecular weight excluding hydrogens is 356 g/mol. The van der Waals surface area contributed by atoms with Gasteiger partial charge in [0.1, 0.15) is 11.6 Å². The third-order valence-corrected chi connectivity index (χ3v) is 4.20. The molecular formula is C18H21BrN2O2. The summed E-state index contributed by atoms with van der Waals surface area (Å²) in [6, 6.07) is 9.65. The van der Waals surface area contributed by atoms with E-state index in [1.54, 1.807) is 11.1 Å². The van der Waals surface area contributed by atoms with Crippen LogP contribution in [0, 0.1) is 13.8 Å². The van der Waals surface area contributed by atoms with E-state index in [2.05, 4.69) is 20.9 Å². The van der Waals surface area contributed by atoms with Gasteiger partial charge < -0.3 is 4.74 Å². The SMILES string of the molecule is CCN(C(=O)CCOc1cccc(C)c1C)c1ccc(Br)cn1. The average molecular weight is 377 g/mol. The van der Waals surface area contributed by atoms with Gasteiger partial charge in [-0.2, -0.15) is 0 Å². The van der Waals surface area contributed by atoms with E-state index < -0.39 is 0 Å². The molecule has 1 aromatic carbocycles. The van der Waals surface area contributed by atoms with Crippen LogP contribution in [0.5, 0.6) is 5.75 Å². The summed E-state index contributed by atoms with van der Waals surface area (Å²) < 4.78 is 6.65. The third-order valence-electron chi connectivity index (χ3n) is 3.73. The molecule has 4 nitrogen and oxygen atoms in total. The number of aryl methyl sites for hydroxylation is 1. The van der Waals surface area contributed by atoms with Crippen molar-refractivity contribution in [2.24, 2.45) is 0 Å². The number of benzene rings is 1. The number of rotatable bonds is 6. The maximum absolute atomic E-state index is 12.4. The Bertz CT molecular complexity index is 671. The summed E-state index contributed by atoms with van der Waals surface area (Å²) >= 11 is 3.35. The molecule has 2 aromatic rings. The Balaban J connectivity index is 1.95. The number of nitrogens with zero attached hydrogens (tertiary/aromatic N) is 2. The van der Waals surface area contributed by atoms with E-state index >= 15 is 0 Å². The van der Waals surface area contributed by atoms with Gasteiger partial charge in [0.15, 0.2) is 0 Å². The van der Waals surface area contributed by atoms with Gasteiger partial charge >= 0.3 is 0 Å². The summed E-state index contributed by atoms with van der Waals surface area (Å²) in [6.45, 7) is 6.95. The van der Waals surface area contributed by atoms with Gasteiger partial charge in [-0.25, -0.2) is 4.98 Å². The van der Waals surface area contributed by atoms with Crippen LogP contribution in [0.3, 0.4) is 0 Å². The molecule has 23 heavy (non-hydrogen) atoms. The van der Waals surface area contributed by atoms with Crippen molar-refractivity contribution in [1.82, 2.24) is 4.98 Å². The van der Waals surface area contributed by atoms with E-state index in [1.165, 1.54) is 5.56 Å². The smallest absolute Gasteiger partial charge is 0.231 e. The number of pyridine rings is 1. The molecule has 0 radical (unpaired) electrons. The first kappa shape index (κ1) is 17.5. The second kappa shape index (κ2) is 8.11. The normalized spacial score (nSPS) is 10.4. The standard InChI is InChI=1S/C18H21BrN2O2/c1-4-21(17-9-8-15(19)12-20-17)18(22)10-11-23-16-7-5-6-13(2)14(16)3/h5-9,12H,4,10-11H2,1-3H3. The molecule has 1 amide bonds. The first-order valence-electron chi connectivity index (χ1n) is 7.64. The van der Waals surface area contributed by atoms with Gasteiger partial charge in [0, 0.05) is 17.2 Å². The highest BCUT2D eigenvalue weighted by molar-refractivity contribution is 9.10. The van der Waals surface area contributed by atoms with Gasteiger partial charge in [0.05, 0.1) is 13.0 Å². The van der Waals surface area contributed by atoms with E-state index in [1.807, 2.05) is 51.1 Å². The number of anilines is 1. The quantitative estimate of drug-likeness (QED) is 0.755. The molecule has 1 aromatic heterocycles. The van der Waals surface area contributed by atoms with Crippen LogP contribution in [0.15, 0.2) is 41.0 Å². The van der Waals surface area contributed by atoms with Crippen molar-refractivity contribution in [2.45, 2.75) is 27.2 Å². The summed E-state index contributed by atoms with van der Waals surface area (Å²) in [6.07, 6.45) is 2.01. The lowest BCUT2D eigenvalue weighted by molar-refractivity contribution is -0.119. The Kier molecular flexibility index (Phi) is 6.16. The Labute approximate surface area is 145 Å². The number of aromatic nitrogens is 1. The zero-order chi connectivity index (χ0) is 16.8. The summed E-state index contributed by atoms with van der Waals surface area (Å²) in [5.41, 5.74) is 2.30. The molecule has 0 atom stereocenters. The Morgan fingerprint density at radius 1 is 1.26 bits per heavy atom. The molecule has 0 unspecified atom stereocenters. The van der Waals surface area contributed by atoms with Gasteiger partial charge in [-0.15, -0.1) is 0 Å². The minimum absolute atomic E-state index is 0.00706. The molecule has 0 saturated heterocycles. The van der Waals surface area contributed by atoms with Crippen LogP contribution in [0.4, 0.5) is 5.82 Å². The molecule has 0 N–H and O–H groups in total. The van der Waals surface area contributed by atoms with Crippen LogP contribution < -0.4 is 9.64 Å². The number of halogens is 1. The van der Waals surface area contributed by atoms with Crippen LogP contribution in [-0.2, 0) is 4.79 Å². The monoisotopic (exact) mass is 376 g/mol. The highest BCUT2D eigenvalue weighted by atomic mass is 79.9. The highest BCUT2D eigenvalue weighted by Gasteiger charge is 2.15. The van der Waals surface area contributed by atoms with Crippen LogP contribution in [0.25, 0.3) is 0 Å². The molecule has 2 rings (SSSR count). The minimum Gasteiger partial charge on any atom is -0.493 e. The second-order valence-corrected chi connectivity index (χ2v) is 6.18. The molecule has 0 aliphatic rings. The van der Waals surface area contributed by atoms with Gasteiger partial charge in [-0.3, -0.25) is 9.69 Å². The van der Waals surface area contributed by atoms with E-state index in [-0.39, 0.29) is 5.91 Å². The molecule has 0 saturated carbocycles. The number of hydrogen-bond acceptors (Lipinski definition) is 3. The zero-order valence-electron chi connectivity index (χ0n) is 13.7. The largest absolute Gasteiger partial charge is 0.493 e. The second-order valence-electron chi connectivity index (χ2n) is 5.27. The predicted octanol–water partition coefficient (Wildman–Crippen LogP) is 4.28. The molecule has 122 valence electrons. The van der Waals surface area contributed by atoms with Crippen LogP contribution in [-0.4, -0.2) is 24.0 Å². The summed E-state index contributed by atoms with van der Waals surface area (Å²) in [5.74, 6) is 1.50. The molecule has 0 fully saturated rings. The molecule has 0 aliphatic carbocycles.